The molecule has 8 heteroatoms. The van der Waals surface area contributed by atoms with Crippen LogP contribution in [-0.2, 0) is 9.53 Å². The lowest BCUT2D eigenvalue weighted by Gasteiger charge is -2.36. The lowest BCUT2D eigenvalue weighted by Crippen LogP contribution is -2.50. The predicted octanol–water partition coefficient (Wildman–Crippen LogP) is 4.56. The molecule has 7 nitrogen and oxygen atoms in total. The summed E-state index contributed by atoms with van der Waals surface area (Å²) in [5, 5.41) is 0.649. The Morgan fingerprint density at radius 3 is 2.35 bits per heavy atom. The summed E-state index contributed by atoms with van der Waals surface area (Å²) in [5.74, 6) is -0.436. The van der Waals surface area contributed by atoms with Crippen molar-refractivity contribution in [2.24, 2.45) is 0 Å². The number of benzene rings is 3. The Morgan fingerprint density at radius 2 is 1.62 bits per heavy atom. The third kappa shape index (κ3) is 5.23. The highest BCUT2D eigenvalue weighted by atomic mass is 19.1. The van der Waals surface area contributed by atoms with E-state index in [9.17, 15) is 14.0 Å². The second kappa shape index (κ2) is 10.7. The molecule has 188 valence electrons. The zero-order valence-electron chi connectivity index (χ0n) is 20.4. The number of methoxy groups -OCH3 is 1. The van der Waals surface area contributed by atoms with Crippen molar-refractivity contribution in [2.75, 3.05) is 44.8 Å². The molecule has 0 spiro atoms. The topological polar surface area (TPSA) is 72.0 Å². The third-order valence-corrected chi connectivity index (χ3v) is 6.47. The average molecular weight is 500 g/mol. The number of pyridine rings is 1. The van der Waals surface area contributed by atoms with Gasteiger partial charge < -0.3 is 19.3 Å². The first-order valence-electron chi connectivity index (χ1n) is 12.0. The van der Waals surface area contributed by atoms with Crippen LogP contribution in [0.2, 0.25) is 0 Å². The number of amides is 1. The molecule has 1 saturated heterocycles. The lowest BCUT2D eigenvalue weighted by molar-refractivity contribution is -0.134. The normalized spacial score (nSPS) is 13.5. The number of rotatable bonds is 6. The Morgan fingerprint density at radius 1 is 0.919 bits per heavy atom. The van der Waals surface area contributed by atoms with Crippen LogP contribution in [0.25, 0.3) is 22.2 Å². The molecule has 1 aliphatic rings. The number of hydrogen-bond donors (Lipinski definition) is 0. The van der Waals surface area contributed by atoms with E-state index in [0.29, 0.717) is 54.0 Å². The number of hydrogen-bond acceptors (Lipinski definition) is 6. The number of carbonyl (C=O) groups excluding carboxylic acids is 2. The van der Waals surface area contributed by atoms with E-state index in [1.165, 1.54) is 6.07 Å². The number of para-hydroxylation sites is 2. The molecule has 2 heterocycles. The fourth-order valence-electron chi connectivity index (χ4n) is 4.46. The van der Waals surface area contributed by atoms with Gasteiger partial charge in [0.25, 0.3) is 5.91 Å². The van der Waals surface area contributed by atoms with Gasteiger partial charge in [0, 0.05) is 37.1 Å². The highest BCUT2D eigenvalue weighted by Gasteiger charge is 2.24. The largest absolute Gasteiger partial charge is 0.497 e. The number of piperazine rings is 1. The summed E-state index contributed by atoms with van der Waals surface area (Å²) in [6.45, 7) is 1.48. The van der Waals surface area contributed by atoms with Crippen molar-refractivity contribution in [1.82, 2.24) is 9.88 Å². The van der Waals surface area contributed by atoms with Gasteiger partial charge in [-0.25, -0.2) is 14.2 Å². The Kier molecular flexibility index (Phi) is 6.98. The molecule has 1 aromatic heterocycles. The van der Waals surface area contributed by atoms with Gasteiger partial charge in [0.05, 0.1) is 29.6 Å². The van der Waals surface area contributed by atoms with E-state index in [0.717, 1.165) is 11.3 Å². The van der Waals surface area contributed by atoms with Crippen molar-refractivity contribution in [3.05, 3.63) is 90.2 Å². The number of halogens is 1. The second-order valence-electron chi connectivity index (χ2n) is 8.70. The number of aromatic nitrogens is 1. The Hall–Kier alpha value is -4.46. The smallest absolute Gasteiger partial charge is 0.339 e. The molecule has 0 bridgehead atoms. The van der Waals surface area contributed by atoms with Crippen molar-refractivity contribution < 1.29 is 23.5 Å². The van der Waals surface area contributed by atoms with Crippen LogP contribution in [0.4, 0.5) is 10.1 Å². The van der Waals surface area contributed by atoms with Crippen LogP contribution >= 0.6 is 0 Å². The number of carbonyl (C=O) groups is 2. The molecule has 0 N–H and O–H groups in total. The first kappa shape index (κ1) is 24.2. The van der Waals surface area contributed by atoms with E-state index in [1.807, 2.05) is 47.4 Å². The minimum atomic E-state index is -0.591. The van der Waals surface area contributed by atoms with Crippen molar-refractivity contribution in [2.45, 2.75) is 0 Å². The van der Waals surface area contributed by atoms with Crippen LogP contribution in [0.3, 0.4) is 0 Å². The van der Waals surface area contributed by atoms with Crippen LogP contribution in [0.15, 0.2) is 78.9 Å². The van der Waals surface area contributed by atoms with Crippen molar-refractivity contribution in [3.8, 4) is 17.0 Å². The standard InChI is InChI=1S/C29H26FN3O4/c1-36-21-12-10-20(11-13-21)26-18-23(22-6-2-4-8-25(22)31-26)29(35)37-19-28(34)33-16-14-32(15-17-33)27-9-5-3-7-24(27)30/h2-13,18H,14-17,19H2,1H3. The highest BCUT2D eigenvalue weighted by Crippen LogP contribution is 2.27. The molecule has 5 rings (SSSR count). The summed E-state index contributed by atoms with van der Waals surface area (Å²) in [6.07, 6.45) is 0. The summed E-state index contributed by atoms with van der Waals surface area (Å²) < 4.78 is 24.8. The Bertz CT molecular complexity index is 1430. The lowest BCUT2D eigenvalue weighted by atomic mass is 10.0. The molecule has 1 aliphatic heterocycles. The van der Waals surface area contributed by atoms with Crippen LogP contribution in [0.1, 0.15) is 10.4 Å². The molecule has 4 aromatic rings. The minimum Gasteiger partial charge on any atom is -0.497 e. The number of esters is 1. The zero-order valence-corrected chi connectivity index (χ0v) is 20.4. The van der Waals surface area contributed by atoms with E-state index in [-0.39, 0.29) is 18.3 Å². The molecule has 1 amide bonds. The monoisotopic (exact) mass is 499 g/mol. The minimum absolute atomic E-state index is 0.282. The first-order chi connectivity index (χ1) is 18.0. The maximum atomic E-state index is 14.1. The maximum absolute atomic E-state index is 14.1. The van der Waals surface area contributed by atoms with Gasteiger partial charge in [-0.2, -0.15) is 0 Å². The number of ether oxygens (including phenoxy) is 2. The van der Waals surface area contributed by atoms with Gasteiger partial charge in [0.1, 0.15) is 11.6 Å². The number of anilines is 1. The van der Waals surface area contributed by atoms with Gasteiger partial charge in [-0.15, -0.1) is 0 Å². The van der Waals surface area contributed by atoms with Gasteiger partial charge >= 0.3 is 5.97 Å². The Balaban J connectivity index is 1.27. The molecule has 1 fully saturated rings. The van der Waals surface area contributed by atoms with E-state index in [1.54, 1.807) is 42.3 Å². The summed E-state index contributed by atoms with van der Waals surface area (Å²) in [7, 11) is 1.60. The van der Waals surface area contributed by atoms with Gasteiger partial charge in [0.15, 0.2) is 6.61 Å². The highest BCUT2D eigenvalue weighted by molar-refractivity contribution is 6.05. The molecule has 0 radical (unpaired) electrons. The molecule has 37 heavy (non-hydrogen) atoms. The maximum Gasteiger partial charge on any atom is 0.339 e. The van der Waals surface area contributed by atoms with E-state index in [2.05, 4.69) is 0 Å². The van der Waals surface area contributed by atoms with Crippen LogP contribution < -0.4 is 9.64 Å². The molecule has 0 unspecified atom stereocenters. The fourth-order valence-corrected chi connectivity index (χ4v) is 4.46. The van der Waals surface area contributed by atoms with Crippen LogP contribution in [-0.4, -0.2) is 61.7 Å². The fraction of sp³-hybridized carbons (Fsp3) is 0.207. The molecule has 0 aliphatic carbocycles. The van der Waals surface area contributed by atoms with E-state index < -0.39 is 5.97 Å². The molecular weight excluding hydrogens is 473 g/mol. The first-order valence-corrected chi connectivity index (χ1v) is 12.0. The SMILES string of the molecule is COc1ccc(-c2cc(C(=O)OCC(=O)N3CCN(c4ccccc4F)CC3)c3ccccc3n2)cc1. The van der Waals surface area contributed by atoms with Gasteiger partial charge in [-0.1, -0.05) is 30.3 Å². The van der Waals surface area contributed by atoms with Crippen LogP contribution in [0, 0.1) is 5.82 Å². The number of nitrogens with zero attached hydrogens (tertiary/aromatic N) is 3. The third-order valence-electron chi connectivity index (χ3n) is 6.47. The van der Waals surface area contributed by atoms with E-state index in [4.69, 9.17) is 14.5 Å². The summed E-state index contributed by atoms with van der Waals surface area (Å²) in [4.78, 5) is 34.1. The van der Waals surface area contributed by atoms with Gasteiger partial charge in [-0.3, -0.25) is 4.79 Å². The van der Waals surface area contributed by atoms with E-state index >= 15 is 0 Å². The predicted molar refractivity (Wildman–Crippen MR) is 139 cm³/mol. The second-order valence-corrected chi connectivity index (χ2v) is 8.70. The summed E-state index contributed by atoms with van der Waals surface area (Å²) in [6, 6.07) is 23.0. The average Bonchev–Trinajstić information content (AvgIpc) is 2.95. The Labute approximate surface area is 214 Å². The summed E-state index contributed by atoms with van der Waals surface area (Å²) >= 11 is 0. The molecule has 3 aromatic carbocycles. The molecular formula is C29H26FN3O4. The van der Waals surface area contributed by atoms with Gasteiger partial charge in [-0.05, 0) is 48.5 Å². The molecule has 0 saturated carbocycles. The quantitative estimate of drug-likeness (QED) is 0.363. The zero-order chi connectivity index (χ0) is 25.8. The van der Waals surface area contributed by atoms with Gasteiger partial charge in [0.2, 0.25) is 0 Å². The van der Waals surface area contributed by atoms with Crippen molar-refractivity contribution in [1.29, 1.82) is 0 Å². The number of fused-ring (bicyclic) bond motifs is 1. The van der Waals surface area contributed by atoms with Crippen LogP contribution in [0.5, 0.6) is 5.75 Å². The summed E-state index contributed by atoms with van der Waals surface area (Å²) in [5.41, 5.74) is 2.96. The van der Waals surface area contributed by atoms with Crippen molar-refractivity contribution >= 4 is 28.5 Å². The van der Waals surface area contributed by atoms with Crippen molar-refractivity contribution in [3.63, 3.8) is 0 Å². The molecule has 0 atom stereocenters.